The minimum Gasteiger partial charge on any atom is -0.744 e. The Morgan fingerprint density at radius 3 is 1.13 bits per heavy atom. The fourth-order valence-corrected chi connectivity index (χ4v) is 6.56. The summed E-state index contributed by atoms with van der Waals surface area (Å²) in [6.45, 7) is 8.48. The molecule has 0 saturated heterocycles. The molecule has 45 heavy (non-hydrogen) atoms. The third-order valence-electron chi connectivity index (χ3n) is 7.97. The van der Waals surface area contributed by atoms with Crippen molar-refractivity contribution in [2.24, 2.45) is 0 Å². The summed E-state index contributed by atoms with van der Waals surface area (Å²) in [5.74, 6) is 0. The molecule has 0 amide bonds. The summed E-state index contributed by atoms with van der Waals surface area (Å²) >= 11 is 0. The van der Waals surface area contributed by atoms with Crippen molar-refractivity contribution in [2.75, 3.05) is 0 Å². The van der Waals surface area contributed by atoms with E-state index >= 15 is 0 Å². The molecule has 0 spiro atoms. The molecule has 9 heteroatoms. The maximum atomic E-state index is 11.4. The minimum atomic E-state index is -4.42. The van der Waals surface area contributed by atoms with Gasteiger partial charge in [0.25, 0.3) is 0 Å². The van der Waals surface area contributed by atoms with E-state index in [-0.39, 0.29) is 47.5 Å². The van der Waals surface area contributed by atoms with Gasteiger partial charge in [0.15, 0.2) is 0 Å². The molecule has 0 bridgehead atoms. The summed E-state index contributed by atoms with van der Waals surface area (Å²) in [7, 11) is -8.84. The van der Waals surface area contributed by atoms with Crippen LogP contribution < -0.4 is 0 Å². The summed E-state index contributed by atoms with van der Waals surface area (Å²) in [4.78, 5) is -0.225. The van der Waals surface area contributed by atoms with Gasteiger partial charge in [0.2, 0.25) is 0 Å². The van der Waals surface area contributed by atoms with Gasteiger partial charge in [0.1, 0.15) is 20.2 Å². The number of unbranched alkanes of at least 4 members (excludes halogenated alkanes) is 4. The van der Waals surface area contributed by atoms with Gasteiger partial charge in [-0.3, -0.25) is 0 Å². The molecule has 0 heterocycles. The van der Waals surface area contributed by atoms with Crippen LogP contribution in [0.5, 0.6) is 0 Å². The minimum absolute atomic E-state index is 0. The number of aryl methyl sites for hydroxylation is 4. The van der Waals surface area contributed by atoms with Gasteiger partial charge < -0.3 is 9.11 Å². The summed E-state index contributed by atoms with van der Waals surface area (Å²) in [6.07, 6.45) is 12.0. The normalized spacial score (nSPS) is 11.7. The molecule has 0 radical (unpaired) electrons. The first-order valence-corrected chi connectivity index (χ1v) is 18.8. The van der Waals surface area contributed by atoms with E-state index in [0.717, 1.165) is 110 Å². The molecule has 4 aromatic rings. The summed E-state index contributed by atoms with van der Waals surface area (Å²) in [6, 6.07) is 18.5. The Morgan fingerprint density at radius 1 is 0.489 bits per heavy atom. The van der Waals surface area contributed by atoms with Gasteiger partial charge in [-0.05, 0) is 119 Å². The standard InChI is InChI=1S/2C18H24O3S.Ca/c2*1-3-5-7-14-9-10-18-15(8-6-4-2)12-17(22(19,20)21)13-16(18)11-14;/h2*9-13H,3-8H2,1-2H3,(H,19,20,21);/q;;+2/p-2. The smallest absolute Gasteiger partial charge is 0.744 e. The third kappa shape index (κ3) is 11.9. The maximum absolute atomic E-state index is 11.4. The summed E-state index contributed by atoms with van der Waals surface area (Å²) in [5, 5.41) is 3.83. The molecule has 0 N–H and O–H groups in total. The molecule has 240 valence electrons. The van der Waals surface area contributed by atoms with Crippen LogP contribution in [0.25, 0.3) is 21.5 Å². The van der Waals surface area contributed by atoms with E-state index in [0.29, 0.717) is 0 Å². The topological polar surface area (TPSA) is 114 Å². The number of fused-ring (bicyclic) bond motifs is 2. The van der Waals surface area contributed by atoms with Crippen LogP contribution in [0.15, 0.2) is 70.5 Å². The largest absolute Gasteiger partial charge is 2.00 e. The van der Waals surface area contributed by atoms with Crippen molar-refractivity contribution in [1.82, 2.24) is 0 Å². The van der Waals surface area contributed by atoms with E-state index in [1.807, 2.05) is 12.1 Å². The van der Waals surface area contributed by atoms with Crippen LogP contribution in [0.2, 0.25) is 0 Å². The van der Waals surface area contributed by atoms with Crippen molar-refractivity contribution in [3.63, 3.8) is 0 Å². The molecule has 0 unspecified atom stereocenters. The van der Waals surface area contributed by atoms with Gasteiger partial charge in [-0.15, -0.1) is 0 Å². The van der Waals surface area contributed by atoms with Crippen molar-refractivity contribution >= 4 is 79.5 Å². The van der Waals surface area contributed by atoms with Crippen LogP contribution in [0.4, 0.5) is 0 Å². The Bertz CT molecular complexity index is 1630. The quantitative estimate of drug-likeness (QED) is 0.0976. The van der Waals surface area contributed by atoms with Crippen LogP contribution in [0.3, 0.4) is 0 Å². The second kappa shape index (κ2) is 18.7. The molecular formula is C36H46CaO6S2. The first-order chi connectivity index (χ1) is 20.9. The molecule has 0 aliphatic carbocycles. The first kappa shape index (κ1) is 39.7. The molecule has 0 atom stereocenters. The second-order valence-electron chi connectivity index (χ2n) is 11.6. The van der Waals surface area contributed by atoms with Gasteiger partial charge in [-0.1, -0.05) is 89.8 Å². The molecule has 4 aromatic carbocycles. The van der Waals surface area contributed by atoms with Crippen LogP contribution in [-0.2, 0) is 45.9 Å². The predicted octanol–water partition coefficient (Wildman–Crippen LogP) is 8.48. The van der Waals surface area contributed by atoms with Crippen molar-refractivity contribution in [3.05, 3.63) is 82.9 Å². The average molecular weight is 679 g/mol. The Labute approximate surface area is 300 Å². The third-order valence-corrected chi connectivity index (χ3v) is 9.59. The Hall–Kier alpha value is -1.52. The Morgan fingerprint density at radius 2 is 0.822 bits per heavy atom. The Kier molecular flexibility index (Phi) is 16.5. The number of hydrogen-bond donors (Lipinski definition) is 0. The van der Waals surface area contributed by atoms with E-state index < -0.39 is 20.2 Å². The van der Waals surface area contributed by atoms with Gasteiger partial charge in [0, 0.05) is 0 Å². The van der Waals surface area contributed by atoms with Crippen molar-refractivity contribution in [3.8, 4) is 0 Å². The monoisotopic (exact) mass is 678 g/mol. The molecular weight excluding hydrogens is 633 g/mol. The van der Waals surface area contributed by atoms with Crippen LogP contribution in [-0.4, -0.2) is 63.7 Å². The van der Waals surface area contributed by atoms with Crippen molar-refractivity contribution in [1.29, 1.82) is 0 Å². The summed E-state index contributed by atoms with van der Waals surface area (Å²) in [5.41, 5.74) is 4.29. The Balaban J connectivity index is 0.000000307. The molecule has 0 saturated carbocycles. The van der Waals surface area contributed by atoms with E-state index in [1.54, 1.807) is 12.1 Å². The maximum Gasteiger partial charge on any atom is 2.00 e. The molecule has 0 aromatic heterocycles. The second-order valence-corrected chi connectivity index (χ2v) is 14.4. The van der Waals surface area contributed by atoms with Gasteiger partial charge in [-0.25, -0.2) is 16.8 Å². The average Bonchev–Trinajstić information content (AvgIpc) is 2.99. The number of hydrogen-bond acceptors (Lipinski definition) is 6. The zero-order valence-electron chi connectivity index (χ0n) is 27.2. The number of benzene rings is 4. The van der Waals surface area contributed by atoms with Crippen LogP contribution >= 0.6 is 0 Å². The SMILES string of the molecule is CCCCc1ccc2c(CCCC)cc(S(=O)(=O)[O-])cc2c1.CCCCc1ccc2c(CCCC)cc(S(=O)(=O)[O-])cc2c1.[Ca+2]. The van der Waals surface area contributed by atoms with Crippen molar-refractivity contribution < 1.29 is 25.9 Å². The van der Waals surface area contributed by atoms with E-state index in [9.17, 15) is 25.9 Å². The van der Waals surface area contributed by atoms with Gasteiger partial charge in [-0.2, -0.15) is 0 Å². The molecule has 6 nitrogen and oxygen atoms in total. The molecule has 0 fully saturated rings. The molecule has 0 aliphatic heterocycles. The first-order valence-electron chi connectivity index (χ1n) is 15.9. The predicted molar refractivity (Wildman–Crippen MR) is 184 cm³/mol. The van der Waals surface area contributed by atoms with Gasteiger partial charge >= 0.3 is 37.7 Å². The molecule has 0 aliphatic rings. The van der Waals surface area contributed by atoms with Crippen molar-refractivity contribution in [2.45, 2.75) is 115 Å². The van der Waals surface area contributed by atoms with E-state index in [2.05, 4.69) is 52.0 Å². The van der Waals surface area contributed by atoms with Gasteiger partial charge in [0.05, 0.1) is 9.79 Å². The summed E-state index contributed by atoms with van der Waals surface area (Å²) < 4.78 is 68.4. The molecule has 4 rings (SSSR count). The fourth-order valence-electron chi connectivity index (χ4n) is 5.45. The fraction of sp³-hybridized carbons (Fsp3) is 0.444. The van der Waals surface area contributed by atoms with E-state index in [1.165, 1.54) is 23.3 Å². The van der Waals surface area contributed by atoms with E-state index in [4.69, 9.17) is 0 Å². The van der Waals surface area contributed by atoms with Crippen LogP contribution in [0, 0.1) is 0 Å². The number of rotatable bonds is 14. The zero-order valence-corrected chi connectivity index (χ0v) is 31.1. The van der Waals surface area contributed by atoms with Crippen LogP contribution in [0.1, 0.15) is 101 Å². The zero-order chi connectivity index (χ0) is 32.3.